The van der Waals surface area contributed by atoms with Crippen LogP contribution in [0.1, 0.15) is 41.4 Å². The molecule has 0 saturated carbocycles. The highest BCUT2D eigenvalue weighted by molar-refractivity contribution is 6.03. The maximum absolute atomic E-state index is 13.2. The van der Waals surface area contributed by atoms with Gasteiger partial charge in [0.05, 0.1) is 5.69 Å². The Labute approximate surface area is 146 Å². The van der Waals surface area contributed by atoms with E-state index in [0.29, 0.717) is 11.7 Å². The van der Waals surface area contributed by atoms with Gasteiger partial charge in [0.2, 0.25) is 0 Å². The van der Waals surface area contributed by atoms with Gasteiger partial charge in [-0.3, -0.25) is 4.79 Å². The van der Waals surface area contributed by atoms with Crippen LogP contribution in [0.5, 0.6) is 0 Å². The van der Waals surface area contributed by atoms with Crippen molar-refractivity contribution in [3.05, 3.63) is 77.2 Å². The predicted octanol–water partition coefficient (Wildman–Crippen LogP) is 4.70. The van der Waals surface area contributed by atoms with Gasteiger partial charge in [-0.2, -0.15) is 0 Å². The molecule has 0 aliphatic heterocycles. The van der Waals surface area contributed by atoms with Crippen LogP contribution in [0.15, 0.2) is 54.6 Å². The van der Waals surface area contributed by atoms with Crippen LogP contribution in [0.3, 0.4) is 0 Å². The minimum absolute atomic E-state index is 0.258. The van der Waals surface area contributed by atoms with E-state index in [1.165, 1.54) is 23.8 Å². The zero-order valence-corrected chi connectivity index (χ0v) is 14.5. The fourth-order valence-corrected chi connectivity index (χ4v) is 2.62. The van der Waals surface area contributed by atoms with E-state index in [4.69, 9.17) is 0 Å². The van der Waals surface area contributed by atoms with Crippen molar-refractivity contribution < 1.29 is 9.18 Å². The van der Waals surface area contributed by atoms with Gasteiger partial charge in [0.1, 0.15) is 5.82 Å². The van der Waals surface area contributed by atoms with Crippen LogP contribution in [0.4, 0.5) is 10.2 Å². The van der Waals surface area contributed by atoms with Gasteiger partial charge in [-0.05, 0) is 48.7 Å². The van der Waals surface area contributed by atoms with Crippen LogP contribution in [0.25, 0.3) is 5.69 Å². The molecule has 0 fully saturated rings. The summed E-state index contributed by atoms with van der Waals surface area (Å²) in [5, 5.41) is 7.14. The summed E-state index contributed by atoms with van der Waals surface area (Å²) in [6.07, 6.45) is 0. The third-order valence-corrected chi connectivity index (χ3v) is 4.02. The molecule has 1 amide bonds. The number of nitrogens with one attached hydrogen (secondary N) is 1. The van der Waals surface area contributed by atoms with Crippen molar-refractivity contribution in [1.82, 2.24) is 9.78 Å². The first-order valence-electron chi connectivity index (χ1n) is 8.18. The average molecular weight is 337 g/mol. The lowest BCUT2D eigenvalue weighted by Gasteiger charge is -2.08. The van der Waals surface area contributed by atoms with Crippen molar-refractivity contribution in [2.75, 3.05) is 5.32 Å². The van der Waals surface area contributed by atoms with Gasteiger partial charge >= 0.3 is 0 Å². The summed E-state index contributed by atoms with van der Waals surface area (Å²) in [6.45, 7) is 6.21. The molecule has 5 heteroatoms. The minimum atomic E-state index is -0.445. The molecular formula is C20H20FN3O. The zero-order valence-electron chi connectivity index (χ0n) is 14.5. The summed E-state index contributed by atoms with van der Waals surface area (Å²) in [5.41, 5.74) is 3.33. The molecule has 0 radical (unpaired) electrons. The smallest absolute Gasteiger partial charge is 0.256 e. The Morgan fingerprint density at radius 1 is 1.12 bits per heavy atom. The Morgan fingerprint density at radius 3 is 2.48 bits per heavy atom. The van der Waals surface area contributed by atoms with Crippen LogP contribution in [0.2, 0.25) is 0 Å². The summed E-state index contributed by atoms with van der Waals surface area (Å²) in [4.78, 5) is 12.2. The maximum atomic E-state index is 13.2. The molecule has 4 nitrogen and oxygen atoms in total. The van der Waals surface area contributed by atoms with Crippen LogP contribution in [0, 0.1) is 12.7 Å². The number of amides is 1. The number of aromatic nitrogens is 2. The van der Waals surface area contributed by atoms with Crippen LogP contribution < -0.4 is 5.32 Å². The Hall–Kier alpha value is -2.95. The lowest BCUT2D eigenvalue weighted by Crippen LogP contribution is -2.12. The Kier molecular flexibility index (Phi) is 4.65. The highest BCUT2D eigenvalue weighted by Crippen LogP contribution is 2.19. The molecule has 128 valence electrons. The summed E-state index contributed by atoms with van der Waals surface area (Å²) in [5.74, 6) is 0.0625. The van der Waals surface area contributed by atoms with Crippen molar-refractivity contribution >= 4 is 11.7 Å². The van der Waals surface area contributed by atoms with Gasteiger partial charge in [0.25, 0.3) is 5.91 Å². The molecule has 0 atom stereocenters. The number of rotatable bonds is 4. The fourth-order valence-electron chi connectivity index (χ4n) is 2.62. The van der Waals surface area contributed by atoms with Gasteiger partial charge in [0, 0.05) is 17.3 Å². The molecule has 0 saturated heterocycles. The first kappa shape index (κ1) is 16.9. The SMILES string of the molecule is Cc1cc(NC(=O)c2cccc(F)c2)nn1-c1ccc(C(C)C)cc1. The zero-order chi connectivity index (χ0) is 18.0. The van der Waals surface area contributed by atoms with E-state index >= 15 is 0 Å². The molecule has 3 aromatic rings. The van der Waals surface area contributed by atoms with Crippen LogP contribution in [-0.4, -0.2) is 15.7 Å². The summed E-state index contributed by atoms with van der Waals surface area (Å²) in [7, 11) is 0. The highest BCUT2D eigenvalue weighted by Gasteiger charge is 2.12. The molecule has 3 rings (SSSR count). The van der Waals surface area contributed by atoms with Crippen molar-refractivity contribution in [3.8, 4) is 5.69 Å². The van der Waals surface area contributed by atoms with Gasteiger partial charge in [-0.25, -0.2) is 9.07 Å². The molecule has 25 heavy (non-hydrogen) atoms. The minimum Gasteiger partial charge on any atom is -0.305 e. The number of hydrogen-bond acceptors (Lipinski definition) is 2. The topological polar surface area (TPSA) is 46.9 Å². The van der Waals surface area contributed by atoms with Crippen molar-refractivity contribution in [1.29, 1.82) is 0 Å². The average Bonchev–Trinajstić information content (AvgIpc) is 2.95. The number of nitrogens with zero attached hydrogens (tertiary/aromatic N) is 2. The van der Waals surface area contributed by atoms with E-state index in [1.807, 2.05) is 19.1 Å². The fraction of sp³-hybridized carbons (Fsp3) is 0.200. The Morgan fingerprint density at radius 2 is 1.84 bits per heavy atom. The molecule has 0 unspecified atom stereocenters. The second-order valence-corrected chi connectivity index (χ2v) is 6.29. The van der Waals surface area contributed by atoms with Gasteiger partial charge in [-0.15, -0.1) is 5.10 Å². The quantitative estimate of drug-likeness (QED) is 0.750. The van der Waals surface area contributed by atoms with E-state index in [-0.39, 0.29) is 11.5 Å². The lowest BCUT2D eigenvalue weighted by atomic mass is 10.0. The second-order valence-electron chi connectivity index (χ2n) is 6.29. The van der Waals surface area contributed by atoms with Gasteiger partial charge < -0.3 is 5.32 Å². The predicted molar refractivity (Wildman–Crippen MR) is 96.7 cm³/mol. The molecule has 2 aromatic carbocycles. The normalized spacial score (nSPS) is 10.9. The van der Waals surface area contributed by atoms with E-state index in [0.717, 1.165) is 11.4 Å². The number of anilines is 1. The van der Waals surface area contributed by atoms with Crippen molar-refractivity contribution in [2.24, 2.45) is 0 Å². The largest absolute Gasteiger partial charge is 0.305 e. The molecular weight excluding hydrogens is 317 g/mol. The molecule has 1 heterocycles. The van der Waals surface area contributed by atoms with Gasteiger partial charge in [0.15, 0.2) is 5.82 Å². The number of halogens is 1. The summed E-state index contributed by atoms with van der Waals surface area (Å²) >= 11 is 0. The monoisotopic (exact) mass is 337 g/mol. The third-order valence-electron chi connectivity index (χ3n) is 4.02. The first-order valence-corrected chi connectivity index (χ1v) is 8.18. The van der Waals surface area contributed by atoms with Crippen LogP contribution in [-0.2, 0) is 0 Å². The number of hydrogen-bond donors (Lipinski definition) is 1. The number of benzene rings is 2. The maximum Gasteiger partial charge on any atom is 0.256 e. The molecule has 0 aliphatic rings. The van der Waals surface area contributed by atoms with Gasteiger partial charge in [-0.1, -0.05) is 32.0 Å². The van der Waals surface area contributed by atoms with E-state index in [9.17, 15) is 9.18 Å². The summed E-state index contributed by atoms with van der Waals surface area (Å²) < 4.78 is 15.0. The number of carbonyl (C=O) groups is 1. The Bertz CT molecular complexity index is 898. The molecule has 1 aromatic heterocycles. The third kappa shape index (κ3) is 3.76. The second kappa shape index (κ2) is 6.89. The van der Waals surface area contributed by atoms with E-state index < -0.39 is 5.82 Å². The highest BCUT2D eigenvalue weighted by atomic mass is 19.1. The molecule has 0 spiro atoms. The van der Waals surface area contributed by atoms with Crippen molar-refractivity contribution in [3.63, 3.8) is 0 Å². The lowest BCUT2D eigenvalue weighted by molar-refractivity contribution is 0.102. The molecule has 0 aliphatic carbocycles. The van der Waals surface area contributed by atoms with Crippen molar-refractivity contribution in [2.45, 2.75) is 26.7 Å². The van der Waals surface area contributed by atoms with E-state index in [2.05, 4.69) is 36.4 Å². The summed E-state index contributed by atoms with van der Waals surface area (Å²) in [6, 6.07) is 15.5. The number of aryl methyl sites for hydroxylation is 1. The molecule has 0 bridgehead atoms. The number of carbonyl (C=O) groups excluding carboxylic acids is 1. The van der Waals surface area contributed by atoms with E-state index in [1.54, 1.807) is 16.8 Å². The van der Waals surface area contributed by atoms with Crippen LogP contribution >= 0.6 is 0 Å². The molecule has 1 N–H and O–H groups in total. The first-order chi connectivity index (χ1) is 11.9. The Balaban J connectivity index is 1.81. The standard InChI is InChI=1S/C20H20FN3O/c1-13(2)15-7-9-18(10-8-15)24-14(3)11-19(23-24)22-20(25)16-5-4-6-17(21)12-16/h4-13H,1-3H3,(H,22,23,25).